The first-order valence-electron chi connectivity index (χ1n) is 4.84. The van der Waals surface area contributed by atoms with Gasteiger partial charge in [-0.25, -0.2) is 8.78 Å². The SMILES string of the molecule is FC(F)c1cccc(OCC2COC2)c1. The average molecular weight is 214 g/mol. The molecule has 82 valence electrons. The predicted octanol–water partition coefficient (Wildman–Crippen LogP) is 2.65. The molecule has 0 spiro atoms. The molecule has 1 aromatic rings. The zero-order chi connectivity index (χ0) is 10.7. The summed E-state index contributed by atoms with van der Waals surface area (Å²) < 4.78 is 35.1. The van der Waals surface area contributed by atoms with E-state index in [1.807, 2.05) is 0 Å². The summed E-state index contributed by atoms with van der Waals surface area (Å²) in [6.45, 7) is 1.94. The molecule has 2 nitrogen and oxygen atoms in total. The Morgan fingerprint density at radius 2 is 2.20 bits per heavy atom. The van der Waals surface area contributed by atoms with Gasteiger partial charge in [-0.1, -0.05) is 12.1 Å². The molecule has 1 fully saturated rings. The molecule has 0 amide bonds. The second-order valence-electron chi connectivity index (χ2n) is 3.59. The topological polar surface area (TPSA) is 18.5 Å². The monoisotopic (exact) mass is 214 g/mol. The zero-order valence-corrected chi connectivity index (χ0v) is 8.16. The largest absolute Gasteiger partial charge is 0.493 e. The number of halogens is 2. The van der Waals surface area contributed by atoms with Crippen molar-refractivity contribution in [2.45, 2.75) is 6.43 Å². The van der Waals surface area contributed by atoms with E-state index >= 15 is 0 Å². The lowest BCUT2D eigenvalue weighted by Crippen LogP contribution is -2.32. The molecule has 0 N–H and O–H groups in total. The van der Waals surface area contributed by atoms with Crippen molar-refractivity contribution in [2.75, 3.05) is 19.8 Å². The number of alkyl halides is 2. The summed E-state index contributed by atoms with van der Waals surface area (Å²) in [6.07, 6.45) is -2.44. The van der Waals surface area contributed by atoms with Crippen molar-refractivity contribution in [3.8, 4) is 5.75 Å². The number of rotatable bonds is 4. The highest BCUT2D eigenvalue weighted by atomic mass is 19.3. The lowest BCUT2D eigenvalue weighted by molar-refractivity contribution is -0.0508. The van der Waals surface area contributed by atoms with E-state index in [0.717, 1.165) is 0 Å². The van der Waals surface area contributed by atoms with Crippen molar-refractivity contribution in [3.63, 3.8) is 0 Å². The molecule has 1 heterocycles. The van der Waals surface area contributed by atoms with Crippen molar-refractivity contribution < 1.29 is 18.3 Å². The number of hydrogen-bond donors (Lipinski definition) is 0. The quantitative estimate of drug-likeness (QED) is 0.767. The van der Waals surface area contributed by atoms with E-state index in [1.165, 1.54) is 12.1 Å². The molecule has 0 aromatic heterocycles. The lowest BCUT2D eigenvalue weighted by atomic mass is 10.1. The molecule has 0 unspecified atom stereocenters. The molecule has 1 saturated heterocycles. The van der Waals surface area contributed by atoms with Crippen LogP contribution in [0.2, 0.25) is 0 Å². The third-order valence-corrected chi connectivity index (χ3v) is 2.30. The summed E-state index contributed by atoms with van der Waals surface area (Å²) >= 11 is 0. The molecule has 4 heteroatoms. The van der Waals surface area contributed by atoms with E-state index in [-0.39, 0.29) is 5.56 Å². The minimum absolute atomic E-state index is 0.00244. The van der Waals surface area contributed by atoms with Gasteiger partial charge in [0.25, 0.3) is 6.43 Å². The van der Waals surface area contributed by atoms with Gasteiger partial charge in [0.05, 0.1) is 19.8 Å². The first-order valence-corrected chi connectivity index (χ1v) is 4.84. The second kappa shape index (κ2) is 4.57. The minimum atomic E-state index is -2.44. The van der Waals surface area contributed by atoms with Crippen LogP contribution in [0, 0.1) is 5.92 Å². The number of hydrogen-bond acceptors (Lipinski definition) is 2. The Hall–Kier alpha value is -1.16. The molecular weight excluding hydrogens is 202 g/mol. The fourth-order valence-corrected chi connectivity index (χ4v) is 1.33. The molecule has 1 aliphatic rings. The highest BCUT2D eigenvalue weighted by Gasteiger charge is 2.19. The molecule has 0 aliphatic carbocycles. The predicted molar refractivity (Wildman–Crippen MR) is 51.2 cm³/mol. The van der Waals surface area contributed by atoms with E-state index in [2.05, 4.69) is 0 Å². The van der Waals surface area contributed by atoms with E-state index in [4.69, 9.17) is 9.47 Å². The Balaban J connectivity index is 1.92. The van der Waals surface area contributed by atoms with Crippen LogP contribution in [0.5, 0.6) is 5.75 Å². The zero-order valence-electron chi connectivity index (χ0n) is 8.16. The van der Waals surface area contributed by atoms with E-state index in [9.17, 15) is 8.78 Å². The van der Waals surface area contributed by atoms with Gasteiger partial charge < -0.3 is 9.47 Å². The standard InChI is InChI=1S/C11H12F2O2/c12-11(13)9-2-1-3-10(4-9)15-7-8-5-14-6-8/h1-4,8,11H,5-7H2. The fraction of sp³-hybridized carbons (Fsp3) is 0.455. The molecule has 0 atom stereocenters. The molecule has 0 bridgehead atoms. The lowest BCUT2D eigenvalue weighted by Gasteiger charge is -2.25. The van der Waals surface area contributed by atoms with Crippen molar-refractivity contribution in [2.24, 2.45) is 5.92 Å². The molecule has 0 saturated carbocycles. The average Bonchev–Trinajstić information content (AvgIpc) is 2.16. The molecule has 15 heavy (non-hydrogen) atoms. The van der Waals surface area contributed by atoms with E-state index < -0.39 is 6.43 Å². The normalized spacial score (nSPS) is 16.5. The van der Waals surface area contributed by atoms with Crippen LogP contribution in [0.3, 0.4) is 0 Å². The Bertz CT molecular complexity index is 324. The van der Waals surface area contributed by atoms with Crippen LogP contribution >= 0.6 is 0 Å². The molecule has 0 radical (unpaired) electrons. The van der Waals surface area contributed by atoms with Gasteiger partial charge in [-0.05, 0) is 12.1 Å². The number of benzene rings is 1. The maximum absolute atomic E-state index is 12.3. The molecule has 1 aromatic carbocycles. The van der Waals surface area contributed by atoms with Gasteiger partial charge in [0, 0.05) is 11.5 Å². The smallest absolute Gasteiger partial charge is 0.263 e. The van der Waals surface area contributed by atoms with Crippen molar-refractivity contribution >= 4 is 0 Å². The van der Waals surface area contributed by atoms with Gasteiger partial charge in [-0.3, -0.25) is 0 Å². The van der Waals surface area contributed by atoms with Crippen molar-refractivity contribution in [1.29, 1.82) is 0 Å². The number of ether oxygens (including phenoxy) is 2. The van der Waals surface area contributed by atoms with E-state index in [0.29, 0.717) is 31.5 Å². The summed E-state index contributed by atoms with van der Waals surface area (Å²) in [6, 6.07) is 6.04. The van der Waals surface area contributed by atoms with Crippen LogP contribution in [0.1, 0.15) is 12.0 Å². The molecular formula is C11H12F2O2. The summed E-state index contributed by atoms with van der Waals surface area (Å²) in [5.74, 6) is 0.903. The molecule has 2 rings (SSSR count). The highest BCUT2D eigenvalue weighted by molar-refractivity contribution is 5.29. The third-order valence-electron chi connectivity index (χ3n) is 2.30. The second-order valence-corrected chi connectivity index (χ2v) is 3.59. The van der Waals surface area contributed by atoms with Gasteiger partial charge in [0.1, 0.15) is 5.75 Å². The summed E-state index contributed by atoms with van der Waals surface area (Å²) in [5, 5.41) is 0. The van der Waals surface area contributed by atoms with Crippen LogP contribution < -0.4 is 4.74 Å². The Morgan fingerprint density at radius 3 is 2.80 bits per heavy atom. The summed E-state index contributed by atoms with van der Waals surface area (Å²) in [5.41, 5.74) is -0.00244. The Kier molecular flexibility index (Phi) is 3.16. The van der Waals surface area contributed by atoms with Crippen LogP contribution in [0.4, 0.5) is 8.78 Å². The highest BCUT2D eigenvalue weighted by Crippen LogP contribution is 2.23. The Morgan fingerprint density at radius 1 is 1.40 bits per heavy atom. The van der Waals surface area contributed by atoms with Gasteiger partial charge in [-0.2, -0.15) is 0 Å². The maximum Gasteiger partial charge on any atom is 0.263 e. The third kappa shape index (κ3) is 2.65. The van der Waals surface area contributed by atoms with Gasteiger partial charge in [0.2, 0.25) is 0 Å². The maximum atomic E-state index is 12.3. The van der Waals surface area contributed by atoms with Crippen LogP contribution in [-0.2, 0) is 4.74 Å². The van der Waals surface area contributed by atoms with Gasteiger partial charge in [0.15, 0.2) is 0 Å². The van der Waals surface area contributed by atoms with Crippen LogP contribution in [0.15, 0.2) is 24.3 Å². The van der Waals surface area contributed by atoms with Gasteiger partial charge >= 0.3 is 0 Å². The summed E-state index contributed by atoms with van der Waals surface area (Å²) in [4.78, 5) is 0. The van der Waals surface area contributed by atoms with E-state index in [1.54, 1.807) is 12.1 Å². The van der Waals surface area contributed by atoms with Crippen LogP contribution in [0.25, 0.3) is 0 Å². The first-order chi connectivity index (χ1) is 7.25. The van der Waals surface area contributed by atoms with Crippen molar-refractivity contribution in [3.05, 3.63) is 29.8 Å². The summed E-state index contributed by atoms with van der Waals surface area (Å²) in [7, 11) is 0. The minimum Gasteiger partial charge on any atom is -0.493 e. The Labute approximate surface area is 86.8 Å². The fourth-order valence-electron chi connectivity index (χ4n) is 1.33. The van der Waals surface area contributed by atoms with Crippen molar-refractivity contribution in [1.82, 2.24) is 0 Å². The van der Waals surface area contributed by atoms with Crippen LogP contribution in [-0.4, -0.2) is 19.8 Å². The van der Waals surface area contributed by atoms with Gasteiger partial charge in [-0.15, -0.1) is 0 Å². The first kappa shape index (κ1) is 10.4. The molecule has 1 aliphatic heterocycles.